The Balaban J connectivity index is 1.86. The van der Waals surface area contributed by atoms with Crippen LogP contribution in [0.3, 0.4) is 0 Å². The Morgan fingerprint density at radius 2 is 1.89 bits per heavy atom. The summed E-state index contributed by atoms with van der Waals surface area (Å²) >= 11 is 0. The molecule has 3 unspecified atom stereocenters. The molecule has 3 atom stereocenters. The second kappa shape index (κ2) is 7.06. The van der Waals surface area contributed by atoms with Gasteiger partial charge in [-0.1, -0.05) is 43.2 Å². The Morgan fingerprint density at radius 3 is 2.47 bits per heavy atom. The highest BCUT2D eigenvalue weighted by atomic mass is 16.3. The number of hydrogen-bond acceptors (Lipinski definition) is 2. The van der Waals surface area contributed by atoms with Crippen LogP contribution in [-0.4, -0.2) is 23.8 Å². The number of hydrogen-bond donors (Lipinski definition) is 2. The predicted molar refractivity (Wildman–Crippen MR) is 80.3 cm³/mol. The zero-order valence-corrected chi connectivity index (χ0v) is 12.2. The van der Waals surface area contributed by atoms with Crippen LogP contribution in [0.1, 0.15) is 51.0 Å². The van der Waals surface area contributed by atoms with Gasteiger partial charge in [0.1, 0.15) is 0 Å². The molecule has 1 aromatic rings. The Kier molecular flexibility index (Phi) is 5.41. The third kappa shape index (κ3) is 5.33. The van der Waals surface area contributed by atoms with E-state index in [9.17, 15) is 5.11 Å². The summed E-state index contributed by atoms with van der Waals surface area (Å²) in [4.78, 5) is 0. The van der Waals surface area contributed by atoms with Gasteiger partial charge in [0.2, 0.25) is 0 Å². The first kappa shape index (κ1) is 14.5. The normalized spacial score (nSPS) is 19.9. The van der Waals surface area contributed by atoms with E-state index in [1.54, 1.807) is 0 Å². The van der Waals surface area contributed by atoms with E-state index in [-0.39, 0.29) is 6.10 Å². The van der Waals surface area contributed by atoms with E-state index in [2.05, 4.69) is 36.5 Å². The van der Waals surface area contributed by atoms with Crippen LogP contribution in [0.4, 0.5) is 0 Å². The quantitative estimate of drug-likeness (QED) is 0.752. The molecule has 0 bridgehead atoms. The lowest BCUT2D eigenvalue weighted by atomic mass is 9.93. The Hall–Kier alpha value is -0.860. The number of nitrogens with one attached hydrogen (secondary N) is 1. The summed E-state index contributed by atoms with van der Waals surface area (Å²) in [6, 6.07) is 11.1. The fourth-order valence-electron chi connectivity index (χ4n) is 2.75. The molecule has 1 aliphatic rings. The van der Waals surface area contributed by atoms with E-state index < -0.39 is 0 Å². The summed E-state index contributed by atoms with van der Waals surface area (Å²) < 4.78 is 0. The Morgan fingerprint density at radius 1 is 1.21 bits per heavy atom. The fourth-order valence-corrected chi connectivity index (χ4v) is 2.75. The molecule has 0 spiro atoms. The first-order chi connectivity index (χ1) is 9.15. The molecule has 0 aliphatic heterocycles. The van der Waals surface area contributed by atoms with E-state index in [1.807, 2.05) is 13.0 Å². The minimum Gasteiger partial charge on any atom is -0.393 e. The molecule has 2 heteroatoms. The summed E-state index contributed by atoms with van der Waals surface area (Å²) in [7, 11) is 0. The highest BCUT2D eigenvalue weighted by molar-refractivity contribution is 5.20. The number of rotatable bonds is 8. The average Bonchev–Trinajstić information content (AvgIpc) is 3.19. The van der Waals surface area contributed by atoms with Gasteiger partial charge in [0.15, 0.2) is 0 Å². The maximum Gasteiger partial charge on any atom is 0.0518 e. The van der Waals surface area contributed by atoms with Crippen molar-refractivity contribution in [3.8, 4) is 0 Å². The van der Waals surface area contributed by atoms with Crippen molar-refractivity contribution in [1.29, 1.82) is 0 Å². The van der Waals surface area contributed by atoms with Gasteiger partial charge < -0.3 is 10.4 Å². The molecule has 0 radical (unpaired) electrons. The lowest BCUT2D eigenvalue weighted by molar-refractivity contribution is 0.172. The fraction of sp³-hybridized carbons (Fsp3) is 0.647. The summed E-state index contributed by atoms with van der Waals surface area (Å²) in [5.41, 5.74) is 1.33. The van der Waals surface area contributed by atoms with Crippen molar-refractivity contribution in [2.75, 3.05) is 6.54 Å². The zero-order chi connectivity index (χ0) is 13.7. The highest BCUT2D eigenvalue weighted by Crippen LogP contribution is 2.33. The Labute approximate surface area is 117 Å². The standard InChI is InChI=1S/C17H27NO/c1-13(10-15-8-9-15)18-12-17(11-14(2)19)16-6-4-3-5-7-16/h3-7,13-15,17-19H,8-12H2,1-2H3. The molecule has 2 N–H and O–H groups in total. The van der Waals surface area contributed by atoms with E-state index >= 15 is 0 Å². The monoisotopic (exact) mass is 261 g/mol. The van der Waals surface area contributed by atoms with Crippen molar-refractivity contribution in [2.45, 2.75) is 57.6 Å². The first-order valence-electron chi connectivity index (χ1n) is 7.61. The lowest BCUT2D eigenvalue weighted by Gasteiger charge is -2.22. The first-order valence-corrected chi connectivity index (χ1v) is 7.61. The second-order valence-corrected chi connectivity index (χ2v) is 6.18. The van der Waals surface area contributed by atoms with Crippen LogP contribution in [0.15, 0.2) is 30.3 Å². The molecule has 0 saturated heterocycles. The van der Waals surface area contributed by atoms with Gasteiger partial charge in [-0.2, -0.15) is 0 Å². The summed E-state index contributed by atoms with van der Waals surface area (Å²) in [6.07, 6.45) is 4.72. The van der Waals surface area contributed by atoms with Crippen molar-refractivity contribution >= 4 is 0 Å². The Bertz CT molecular complexity index is 359. The molecule has 19 heavy (non-hydrogen) atoms. The summed E-state index contributed by atoms with van der Waals surface area (Å²) in [5.74, 6) is 1.37. The van der Waals surface area contributed by atoms with Gasteiger partial charge in [-0.15, -0.1) is 0 Å². The number of aliphatic hydroxyl groups excluding tert-OH is 1. The van der Waals surface area contributed by atoms with Gasteiger partial charge in [0.25, 0.3) is 0 Å². The molecule has 1 fully saturated rings. The molecule has 1 aromatic carbocycles. The largest absolute Gasteiger partial charge is 0.393 e. The minimum atomic E-state index is -0.245. The molecule has 1 saturated carbocycles. The molecule has 0 amide bonds. The van der Waals surface area contributed by atoms with Crippen molar-refractivity contribution in [1.82, 2.24) is 5.32 Å². The van der Waals surface area contributed by atoms with Crippen LogP contribution in [0.25, 0.3) is 0 Å². The van der Waals surface area contributed by atoms with Crippen LogP contribution in [0.2, 0.25) is 0 Å². The molecule has 0 aromatic heterocycles. The minimum absolute atomic E-state index is 0.245. The van der Waals surface area contributed by atoms with Gasteiger partial charge in [-0.25, -0.2) is 0 Å². The van der Waals surface area contributed by atoms with Crippen molar-refractivity contribution in [2.24, 2.45) is 5.92 Å². The van der Waals surface area contributed by atoms with Crippen molar-refractivity contribution in [3.63, 3.8) is 0 Å². The maximum atomic E-state index is 9.68. The van der Waals surface area contributed by atoms with Gasteiger partial charge in [-0.05, 0) is 44.1 Å². The SMILES string of the molecule is CC(O)CC(CNC(C)CC1CC1)c1ccccc1. The molecule has 2 nitrogen and oxygen atoms in total. The topological polar surface area (TPSA) is 32.3 Å². The van der Waals surface area contributed by atoms with Crippen LogP contribution < -0.4 is 5.32 Å². The summed E-state index contributed by atoms with van der Waals surface area (Å²) in [5, 5.41) is 13.3. The van der Waals surface area contributed by atoms with Crippen LogP contribution in [0, 0.1) is 5.92 Å². The third-order valence-electron chi connectivity index (χ3n) is 3.99. The third-order valence-corrected chi connectivity index (χ3v) is 3.99. The molecule has 106 valence electrons. The second-order valence-electron chi connectivity index (χ2n) is 6.18. The predicted octanol–water partition coefficient (Wildman–Crippen LogP) is 3.32. The van der Waals surface area contributed by atoms with Crippen LogP contribution in [0.5, 0.6) is 0 Å². The van der Waals surface area contributed by atoms with E-state index in [0.29, 0.717) is 12.0 Å². The van der Waals surface area contributed by atoms with Crippen LogP contribution in [-0.2, 0) is 0 Å². The molecular formula is C17H27NO. The van der Waals surface area contributed by atoms with E-state index in [0.717, 1.165) is 18.9 Å². The molecule has 0 heterocycles. The van der Waals surface area contributed by atoms with Crippen molar-refractivity contribution < 1.29 is 5.11 Å². The van der Waals surface area contributed by atoms with Gasteiger partial charge >= 0.3 is 0 Å². The van der Waals surface area contributed by atoms with Crippen LogP contribution >= 0.6 is 0 Å². The van der Waals surface area contributed by atoms with Gasteiger partial charge in [-0.3, -0.25) is 0 Å². The summed E-state index contributed by atoms with van der Waals surface area (Å²) in [6.45, 7) is 5.12. The average molecular weight is 261 g/mol. The van der Waals surface area contributed by atoms with Crippen molar-refractivity contribution in [3.05, 3.63) is 35.9 Å². The molecular weight excluding hydrogens is 234 g/mol. The molecule has 2 rings (SSSR count). The maximum absolute atomic E-state index is 9.68. The van der Waals surface area contributed by atoms with E-state index in [4.69, 9.17) is 0 Å². The van der Waals surface area contributed by atoms with Gasteiger partial charge in [0.05, 0.1) is 6.10 Å². The van der Waals surface area contributed by atoms with Gasteiger partial charge in [0, 0.05) is 12.6 Å². The molecule has 1 aliphatic carbocycles. The van der Waals surface area contributed by atoms with E-state index in [1.165, 1.54) is 24.8 Å². The highest BCUT2D eigenvalue weighted by Gasteiger charge is 2.24. The smallest absolute Gasteiger partial charge is 0.0518 e. The lowest BCUT2D eigenvalue weighted by Crippen LogP contribution is -2.31. The number of aliphatic hydroxyl groups is 1. The zero-order valence-electron chi connectivity index (χ0n) is 12.2. The number of benzene rings is 1.